The fourth-order valence-corrected chi connectivity index (χ4v) is 5.50. The van der Waals surface area contributed by atoms with Gasteiger partial charge in [-0.3, -0.25) is 0 Å². The monoisotopic (exact) mass is 502 g/mol. The first-order valence-corrected chi connectivity index (χ1v) is 13.0. The van der Waals surface area contributed by atoms with E-state index in [-0.39, 0.29) is 5.76 Å². The van der Waals surface area contributed by atoms with Crippen LogP contribution in [-0.4, -0.2) is 48.2 Å². The lowest BCUT2D eigenvalue weighted by molar-refractivity contribution is 0.0664. The van der Waals surface area contributed by atoms with E-state index in [0.717, 1.165) is 56.1 Å². The molecule has 186 valence electrons. The van der Waals surface area contributed by atoms with Gasteiger partial charge in [0.15, 0.2) is 0 Å². The van der Waals surface area contributed by atoms with Crippen molar-refractivity contribution in [3.63, 3.8) is 0 Å². The Hall–Kier alpha value is -3.26. The zero-order valence-corrected chi connectivity index (χ0v) is 21.2. The summed E-state index contributed by atoms with van der Waals surface area (Å²) in [6.07, 6.45) is 0.940. The number of morpholine rings is 1. The Kier molecular flexibility index (Phi) is 7.60. The van der Waals surface area contributed by atoms with Gasteiger partial charge in [0, 0.05) is 47.7 Å². The predicted molar refractivity (Wildman–Crippen MR) is 144 cm³/mol. The van der Waals surface area contributed by atoms with Crippen LogP contribution in [0, 0.1) is 6.92 Å². The van der Waals surface area contributed by atoms with Gasteiger partial charge >= 0.3 is 5.97 Å². The molecule has 36 heavy (non-hydrogen) atoms. The lowest BCUT2D eigenvalue weighted by Gasteiger charge is -2.29. The number of fused-ring (bicyclic) bond motifs is 1. The molecule has 0 amide bonds. The number of carboxylic acid groups (broad SMARTS) is 1. The number of anilines is 1. The second kappa shape index (κ2) is 11.2. The molecular weight excluding hydrogens is 472 g/mol. The average molecular weight is 503 g/mol. The lowest BCUT2D eigenvalue weighted by atomic mass is 10.1. The molecule has 4 aromatic rings. The maximum absolute atomic E-state index is 11.5. The molecule has 0 saturated carbocycles. The van der Waals surface area contributed by atoms with Crippen molar-refractivity contribution in [2.24, 2.45) is 0 Å². The van der Waals surface area contributed by atoms with E-state index in [0.29, 0.717) is 11.1 Å². The topological polar surface area (TPSA) is 66.2 Å². The molecule has 1 aliphatic heterocycles. The third-order valence-corrected chi connectivity index (χ3v) is 7.54. The van der Waals surface area contributed by atoms with Gasteiger partial charge in [-0.15, -0.1) is 0 Å². The minimum atomic E-state index is -1.04. The number of carbonyl (C=O) groups is 1. The van der Waals surface area contributed by atoms with Gasteiger partial charge in [-0.05, 0) is 66.8 Å². The van der Waals surface area contributed by atoms with Crippen LogP contribution in [0.5, 0.6) is 0 Å². The summed E-state index contributed by atoms with van der Waals surface area (Å²) in [5.74, 6) is -1.03. The summed E-state index contributed by atoms with van der Waals surface area (Å²) in [4.78, 5) is 14.9. The molecule has 2 heterocycles. The molecular formula is C29H30N2O4S. The molecule has 0 unspecified atom stereocenters. The van der Waals surface area contributed by atoms with Crippen LogP contribution in [0.15, 0.2) is 82.1 Å². The van der Waals surface area contributed by atoms with Gasteiger partial charge in [-0.1, -0.05) is 42.5 Å². The summed E-state index contributed by atoms with van der Waals surface area (Å²) >= 11 is 1.69. The summed E-state index contributed by atoms with van der Waals surface area (Å²) in [7, 11) is 0. The molecule has 1 fully saturated rings. The Morgan fingerprint density at radius 3 is 2.47 bits per heavy atom. The Labute approximate surface area is 215 Å². The highest BCUT2D eigenvalue weighted by Gasteiger charge is 2.18. The molecule has 0 radical (unpaired) electrons. The van der Waals surface area contributed by atoms with E-state index < -0.39 is 5.97 Å². The molecule has 1 saturated heterocycles. The molecule has 1 aromatic heterocycles. The van der Waals surface area contributed by atoms with Gasteiger partial charge in [-0.2, -0.15) is 0 Å². The number of nitrogens with zero attached hydrogens (tertiary/aromatic N) is 2. The fourth-order valence-electron chi connectivity index (χ4n) is 4.50. The molecule has 1 N–H and O–H groups in total. The third-order valence-electron chi connectivity index (χ3n) is 6.50. The minimum absolute atomic E-state index is 0.00782. The van der Waals surface area contributed by atoms with Crippen molar-refractivity contribution < 1.29 is 19.1 Å². The number of aromatic carboxylic acids is 1. The second-order valence-electron chi connectivity index (χ2n) is 8.98. The summed E-state index contributed by atoms with van der Waals surface area (Å²) in [6.45, 7) is 6.88. The summed E-state index contributed by atoms with van der Waals surface area (Å²) < 4.78 is 13.4. The molecule has 0 atom stereocenters. The maximum atomic E-state index is 11.5. The van der Waals surface area contributed by atoms with Crippen LogP contribution in [0.25, 0.3) is 11.0 Å². The number of ether oxygens (including phenoxy) is 1. The molecule has 0 spiro atoms. The number of furan rings is 1. The molecule has 6 nitrogen and oxygen atoms in total. The van der Waals surface area contributed by atoms with E-state index in [1.54, 1.807) is 18.9 Å². The Bertz CT molecular complexity index is 1310. The van der Waals surface area contributed by atoms with Crippen LogP contribution in [0.2, 0.25) is 0 Å². The normalized spacial score (nSPS) is 14.0. The van der Waals surface area contributed by atoms with Gasteiger partial charge in [0.1, 0.15) is 5.58 Å². The van der Waals surface area contributed by atoms with Crippen molar-refractivity contribution in [1.29, 1.82) is 0 Å². The van der Waals surface area contributed by atoms with Crippen molar-refractivity contribution in [1.82, 2.24) is 4.31 Å². The average Bonchev–Trinajstić information content (AvgIpc) is 3.25. The number of aryl methyl sites for hydroxylation is 1. The van der Waals surface area contributed by atoms with E-state index in [4.69, 9.17) is 9.15 Å². The van der Waals surface area contributed by atoms with Crippen molar-refractivity contribution in [3.05, 3.63) is 95.2 Å². The van der Waals surface area contributed by atoms with Crippen LogP contribution in [0.3, 0.4) is 0 Å². The van der Waals surface area contributed by atoms with E-state index >= 15 is 0 Å². The Morgan fingerprint density at radius 2 is 1.75 bits per heavy atom. The highest BCUT2D eigenvalue weighted by Crippen LogP contribution is 2.32. The smallest absolute Gasteiger partial charge is 0.372 e. The quantitative estimate of drug-likeness (QED) is 0.280. The highest BCUT2D eigenvalue weighted by molar-refractivity contribution is 7.97. The van der Waals surface area contributed by atoms with Crippen LogP contribution in [0.1, 0.15) is 27.2 Å². The largest absolute Gasteiger partial charge is 0.475 e. The summed E-state index contributed by atoms with van der Waals surface area (Å²) in [5, 5.41) is 10.3. The molecule has 7 heteroatoms. The predicted octanol–water partition coefficient (Wildman–Crippen LogP) is 6.03. The van der Waals surface area contributed by atoms with Crippen molar-refractivity contribution in [2.75, 3.05) is 37.7 Å². The van der Waals surface area contributed by atoms with Crippen molar-refractivity contribution in [3.8, 4) is 0 Å². The molecule has 5 rings (SSSR count). The Morgan fingerprint density at radius 1 is 1.00 bits per heavy atom. The van der Waals surface area contributed by atoms with E-state index in [2.05, 4.69) is 57.7 Å². The molecule has 0 aliphatic carbocycles. The molecule has 3 aromatic carbocycles. The first-order valence-electron chi connectivity index (χ1n) is 12.2. The standard InChI is InChI=1S/C29H30N2O4S/c1-21-26-19-25(11-12-27(26)35-28(21)29(32)33)36-31(14-13-22-5-3-2-4-6-22)20-23-7-9-24(10-8-23)30-15-17-34-18-16-30/h2-12,19H,13-18,20H2,1H3,(H,32,33). The van der Waals surface area contributed by atoms with E-state index in [9.17, 15) is 9.90 Å². The van der Waals surface area contributed by atoms with E-state index in [1.807, 2.05) is 24.3 Å². The summed E-state index contributed by atoms with van der Waals surface area (Å²) in [6, 6.07) is 25.2. The maximum Gasteiger partial charge on any atom is 0.372 e. The van der Waals surface area contributed by atoms with Gasteiger partial charge < -0.3 is 19.2 Å². The van der Waals surface area contributed by atoms with Gasteiger partial charge in [0.05, 0.1) is 13.2 Å². The zero-order valence-electron chi connectivity index (χ0n) is 20.4. The number of benzene rings is 3. The number of hydrogen-bond acceptors (Lipinski definition) is 6. The highest BCUT2D eigenvalue weighted by atomic mass is 32.2. The zero-order chi connectivity index (χ0) is 24.9. The second-order valence-corrected chi connectivity index (χ2v) is 10.1. The number of rotatable bonds is 9. The van der Waals surface area contributed by atoms with Crippen molar-refractivity contribution >= 4 is 34.6 Å². The van der Waals surface area contributed by atoms with Gasteiger partial charge in [-0.25, -0.2) is 9.10 Å². The van der Waals surface area contributed by atoms with Crippen LogP contribution in [-0.2, 0) is 17.7 Å². The fraction of sp³-hybridized carbons (Fsp3) is 0.276. The van der Waals surface area contributed by atoms with Crippen LogP contribution in [0.4, 0.5) is 5.69 Å². The number of hydrogen-bond donors (Lipinski definition) is 1. The Balaban J connectivity index is 1.34. The van der Waals surface area contributed by atoms with E-state index in [1.165, 1.54) is 16.8 Å². The van der Waals surface area contributed by atoms with Crippen LogP contribution < -0.4 is 4.90 Å². The first kappa shape index (κ1) is 24.4. The third kappa shape index (κ3) is 5.75. The van der Waals surface area contributed by atoms with Gasteiger partial charge in [0.2, 0.25) is 5.76 Å². The SMILES string of the molecule is Cc1c(C(=O)O)oc2ccc(SN(CCc3ccccc3)Cc3ccc(N4CCOCC4)cc3)cc12. The first-order chi connectivity index (χ1) is 17.6. The number of carboxylic acids is 1. The van der Waals surface area contributed by atoms with Crippen LogP contribution >= 0.6 is 11.9 Å². The molecule has 0 bridgehead atoms. The minimum Gasteiger partial charge on any atom is -0.475 e. The molecule has 1 aliphatic rings. The van der Waals surface area contributed by atoms with Gasteiger partial charge in [0.25, 0.3) is 0 Å². The summed E-state index contributed by atoms with van der Waals surface area (Å²) in [5.41, 5.74) is 5.05. The lowest BCUT2D eigenvalue weighted by Crippen LogP contribution is -2.36. The van der Waals surface area contributed by atoms with Crippen molar-refractivity contribution in [2.45, 2.75) is 24.8 Å².